The maximum absolute atomic E-state index is 11.5. The number of carbonyl (C=O) groups excluding carboxylic acids is 1. The first-order chi connectivity index (χ1) is 12.2. The molecule has 8 heteroatoms. The highest BCUT2D eigenvalue weighted by Crippen LogP contribution is 2.36. The van der Waals surface area contributed by atoms with Gasteiger partial charge in [0.15, 0.2) is 11.5 Å². The standard InChI is InChI=1S/C17H24N6O2/c1-25-14(24)7-11-2-3-12(6-11)22-5-4-13(8-22)23-10-21-15-16(18)19-9-20-17(15)23/h9-13H,2-8H2,1H3,(H2,18,19,20). The second kappa shape index (κ2) is 6.59. The number of methoxy groups -OCH3 is 1. The molecule has 2 aromatic rings. The largest absolute Gasteiger partial charge is 0.469 e. The molecule has 1 aliphatic heterocycles. The van der Waals surface area contributed by atoms with E-state index in [2.05, 4.69) is 24.4 Å². The second-order valence-corrected chi connectivity index (χ2v) is 7.13. The summed E-state index contributed by atoms with van der Waals surface area (Å²) in [6.45, 7) is 2.06. The van der Waals surface area contributed by atoms with Crippen molar-refractivity contribution >= 4 is 23.0 Å². The Kier molecular flexibility index (Phi) is 4.29. The maximum Gasteiger partial charge on any atom is 0.305 e. The zero-order chi connectivity index (χ0) is 17.4. The lowest BCUT2D eigenvalue weighted by Gasteiger charge is -2.24. The number of likely N-dealkylation sites (tertiary alicyclic amines) is 1. The van der Waals surface area contributed by atoms with Crippen LogP contribution in [0, 0.1) is 5.92 Å². The minimum Gasteiger partial charge on any atom is -0.469 e. The van der Waals surface area contributed by atoms with E-state index in [1.165, 1.54) is 13.4 Å². The van der Waals surface area contributed by atoms with E-state index >= 15 is 0 Å². The van der Waals surface area contributed by atoms with E-state index in [0.717, 1.165) is 44.4 Å². The second-order valence-electron chi connectivity index (χ2n) is 7.13. The SMILES string of the molecule is COC(=O)CC1CCC(N2CCC(n3cnc4c(N)ncnc43)C2)C1. The smallest absolute Gasteiger partial charge is 0.305 e. The number of fused-ring (bicyclic) bond motifs is 1. The van der Waals surface area contributed by atoms with Crippen LogP contribution >= 0.6 is 0 Å². The molecular weight excluding hydrogens is 320 g/mol. The van der Waals surface area contributed by atoms with Gasteiger partial charge in [-0.3, -0.25) is 9.69 Å². The highest BCUT2D eigenvalue weighted by molar-refractivity contribution is 5.81. The first-order valence-corrected chi connectivity index (χ1v) is 8.89. The first kappa shape index (κ1) is 16.3. The van der Waals surface area contributed by atoms with Crippen LogP contribution in [0.5, 0.6) is 0 Å². The fourth-order valence-electron chi connectivity index (χ4n) is 4.35. The fraction of sp³-hybridized carbons (Fsp3) is 0.647. The Bertz CT molecular complexity index is 776. The van der Waals surface area contributed by atoms with Crippen molar-refractivity contribution in [1.29, 1.82) is 0 Å². The summed E-state index contributed by atoms with van der Waals surface area (Å²) in [7, 11) is 1.46. The van der Waals surface area contributed by atoms with Crippen molar-refractivity contribution in [2.24, 2.45) is 5.92 Å². The number of nitrogen functional groups attached to an aromatic ring is 1. The summed E-state index contributed by atoms with van der Waals surface area (Å²) in [6.07, 6.45) is 8.31. The van der Waals surface area contributed by atoms with Gasteiger partial charge >= 0.3 is 5.97 Å². The van der Waals surface area contributed by atoms with E-state index in [4.69, 9.17) is 10.5 Å². The van der Waals surface area contributed by atoms with Crippen molar-refractivity contribution in [3.8, 4) is 0 Å². The monoisotopic (exact) mass is 344 g/mol. The van der Waals surface area contributed by atoms with Crippen molar-refractivity contribution in [2.45, 2.75) is 44.2 Å². The van der Waals surface area contributed by atoms with Gasteiger partial charge in [0.05, 0.1) is 19.5 Å². The molecular formula is C17H24N6O2. The van der Waals surface area contributed by atoms with Gasteiger partial charge in [-0.15, -0.1) is 0 Å². The summed E-state index contributed by atoms with van der Waals surface area (Å²) >= 11 is 0. The number of imidazole rings is 1. The molecule has 0 bridgehead atoms. The van der Waals surface area contributed by atoms with E-state index in [1.54, 1.807) is 0 Å². The summed E-state index contributed by atoms with van der Waals surface area (Å²) < 4.78 is 6.94. The number of nitrogens with two attached hydrogens (primary N) is 1. The third-order valence-electron chi connectivity index (χ3n) is 5.69. The quantitative estimate of drug-likeness (QED) is 0.837. The van der Waals surface area contributed by atoms with Gasteiger partial charge in [-0.2, -0.15) is 0 Å². The van der Waals surface area contributed by atoms with Crippen LogP contribution in [0.15, 0.2) is 12.7 Å². The van der Waals surface area contributed by atoms with E-state index in [9.17, 15) is 4.79 Å². The number of nitrogens with zero attached hydrogens (tertiary/aromatic N) is 5. The molecule has 2 aromatic heterocycles. The van der Waals surface area contributed by atoms with Crippen molar-refractivity contribution < 1.29 is 9.53 Å². The zero-order valence-electron chi connectivity index (χ0n) is 14.5. The highest BCUT2D eigenvalue weighted by Gasteiger charge is 2.35. The Hall–Kier alpha value is -2.22. The topological polar surface area (TPSA) is 99.2 Å². The Balaban J connectivity index is 1.42. The molecule has 0 radical (unpaired) electrons. The summed E-state index contributed by atoms with van der Waals surface area (Å²) in [5, 5.41) is 0. The highest BCUT2D eigenvalue weighted by atomic mass is 16.5. The number of ether oxygens (including phenoxy) is 1. The van der Waals surface area contributed by atoms with Crippen LogP contribution in [-0.4, -0.2) is 56.6 Å². The van der Waals surface area contributed by atoms with Crippen LogP contribution in [0.25, 0.3) is 11.2 Å². The molecule has 1 saturated heterocycles. The minimum absolute atomic E-state index is 0.0906. The van der Waals surface area contributed by atoms with Crippen molar-refractivity contribution in [2.75, 3.05) is 25.9 Å². The maximum atomic E-state index is 11.5. The van der Waals surface area contributed by atoms with E-state index in [0.29, 0.717) is 35.8 Å². The molecule has 1 aliphatic carbocycles. The average Bonchev–Trinajstić information content (AvgIpc) is 3.33. The zero-order valence-corrected chi connectivity index (χ0v) is 14.5. The third-order valence-corrected chi connectivity index (χ3v) is 5.69. The lowest BCUT2D eigenvalue weighted by molar-refractivity contribution is -0.141. The molecule has 3 atom stereocenters. The van der Waals surface area contributed by atoms with Crippen molar-refractivity contribution in [3.05, 3.63) is 12.7 Å². The van der Waals surface area contributed by atoms with Gasteiger partial charge in [0.2, 0.25) is 0 Å². The lowest BCUT2D eigenvalue weighted by atomic mass is 10.0. The van der Waals surface area contributed by atoms with Gasteiger partial charge in [-0.25, -0.2) is 15.0 Å². The van der Waals surface area contributed by atoms with Crippen LogP contribution in [0.2, 0.25) is 0 Å². The van der Waals surface area contributed by atoms with Gasteiger partial charge in [-0.05, 0) is 31.6 Å². The van der Waals surface area contributed by atoms with Crippen LogP contribution < -0.4 is 5.73 Å². The van der Waals surface area contributed by atoms with Crippen molar-refractivity contribution in [3.63, 3.8) is 0 Å². The molecule has 134 valence electrons. The molecule has 2 fully saturated rings. The van der Waals surface area contributed by atoms with Gasteiger partial charge < -0.3 is 15.0 Å². The predicted octanol–water partition coefficient (Wildman–Crippen LogP) is 1.39. The van der Waals surface area contributed by atoms with E-state index in [1.807, 2.05) is 6.33 Å². The number of carbonyl (C=O) groups is 1. The summed E-state index contributed by atoms with van der Waals surface area (Å²) in [4.78, 5) is 26.8. The molecule has 4 rings (SSSR count). The summed E-state index contributed by atoms with van der Waals surface area (Å²) in [5.41, 5.74) is 7.38. The minimum atomic E-state index is -0.0906. The van der Waals surface area contributed by atoms with E-state index in [-0.39, 0.29) is 5.97 Å². The van der Waals surface area contributed by atoms with E-state index < -0.39 is 0 Å². The Morgan fingerprint density at radius 3 is 3.00 bits per heavy atom. The van der Waals surface area contributed by atoms with Crippen LogP contribution in [0.1, 0.15) is 38.1 Å². The molecule has 3 heterocycles. The molecule has 25 heavy (non-hydrogen) atoms. The Morgan fingerprint density at radius 1 is 1.28 bits per heavy atom. The number of hydrogen-bond donors (Lipinski definition) is 1. The average molecular weight is 344 g/mol. The van der Waals surface area contributed by atoms with Gasteiger partial charge in [0.25, 0.3) is 0 Å². The number of hydrogen-bond acceptors (Lipinski definition) is 7. The van der Waals surface area contributed by atoms with Crippen LogP contribution in [0.3, 0.4) is 0 Å². The predicted molar refractivity (Wildman–Crippen MR) is 92.7 cm³/mol. The van der Waals surface area contributed by atoms with Gasteiger partial charge in [0.1, 0.15) is 11.8 Å². The Labute approximate surface area is 146 Å². The normalized spacial score (nSPS) is 27.2. The molecule has 2 aliphatic rings. The number of aromatic nitrogens is 4. The summed E-state index contributed by atoms with van der Waals surface area (Å²) in [6, 6.07) is 0.924. The molecule has 2 N–H and O–H groups in total. The number of anilines is 1. The number of esters is 1. The molecule has 0 spiro atoms. The molecule has 0 amide bonds. The summed E-state index contributed by atoms with van der Waals surface area (Å²) in [5.74, 6) is 0.797. The van der Waals surface area contributed by atoms with Crippen LogP contribution in [-0.2, 0) is 9.53 Å². The first-order valence-electron chi connectivity index (χ1n) is 8.89. The molecule has 0 aromatic carbocycles. The number of rotatable bonds is 4. The van der Waals surface area contributed by atoms with Gasteiger partial charge in [0, 0.05) is 25.6 Å². The molecule has 1 saturated carbocycles. The Morgan fingerprint density at radius 2 is 2.16 bits per heavy atom. The van der Waals surface area contributed by atoms with Crippen LogP contribution in [0.4, 0.5) is 5.82 Å². The third kappa shape index (κ3) is 3.06. The molecule has 3 unspecified atom stereocenters. The lowest BCUT2D eigenvalue weighted by Crippen LogP contribution is -2.31. The molecule has 8 nitrogen and oxygen atoms in total. The van der Waals surface area contributed by atoms with Crippen molar-refractivity contribution in [1.82, 2.24) is 24.4 Å². The fourth-order valence-corrected chi connectivity index (χ4v) is 4.35. The van der Waals surface area contributed by atoms with Gasteiger partial charge in [-0.1, -0.05) is 0 Å².